The lowest BCUT2D eigenvalue weighted by molar-refractivity contribution is -0.151. The molecule has 236 valence electrons. The highest BCUT2D eigenvalue weighted by atomic mass is 35.5. The van der Waals surface area contributed by atoms with Crippen LogP contribution < -0.4 is 5.32 Å². The van der Waals surface area contributed by atoms with Crippen LogP contribution in [0.3, 0.4) is 0 Å². The first-order chi connectivity index (χ1) is 21.4. The number of thiophene rings is 1. The van der Waals surface area contributed by atoms with Crippen LogP contribution in [0.4, 0.5) is 5.00 Å². The van der Waals surface area contributed by atoms with Crippen molar-refractivity contribution in [2.75, 3.05) is 18.5 Å². The normalized spacial score (nSPS) is 16.2. The molecule has 45 heavy (non-hydrogen) atoms. The topological polar surface area (TPSA) is 119 Å². The lowest BCUT2D eigenvalue weighted by Crippen LogP contribution is -2.47. The zero-order valence-electron chi connectivity index (χ0n) is 24.0. The average Bonchev–Trinajstić information content (AvgIpc) is 3.49. The molecule has 1 aliphatic heterocycles. The molecular formula is C31H26Cl4N2O7S. The quantitative estimate of drug-likeness (QED) is 0.109. The lowest BCUT2D eigenvalue weighted by Gasteiger charge is -2.24. The molecule has 2 atom stereocenters. The minimum atomic E-state index is -1.50. The van der Waals surface area contributed by atoms with E-state index in [2.05, 4.69) is 12.2 Å². The SMILES string of the molecule is CCOC(=O)c1c(NC(=O)COC(=O)[C@@H](Cc2ccccc2)N2C(=O)c3c(Cl)c(Cl)c(Cl)c(Cl)c3C2=O)sc2c1CC[C@@H](C)C2. The fourth-order valence-corrected chi connectivity index (χ4v) is 7.85. The van der Waals surface area contributed by atoms with E-state index in [1.54, 1.807) is 37.3 Å². The maximum Gasteiger partial charge on any atom is 0.341 e. The van der Waals surface area contributed by atoms with E-state index in [0.717, 1.165) is 23.3 Å². The van der Waals surface area contributed by atoms with Gasteiger partial charge in [-0.25, -0.2) is 9.59 Å². The van der Waals surface area contributed by atoms with Crippen molar-refractivity contribution in [2.45, 2.75) is 45.6 Å². The third-order valence-corrected chi connectivity index (χ3v) is 10.5. The standard InChI is InChI=1S/C31H26Cl4N2O7S/c1-3-43-31(42)20-16-10-9-14(2)11-18(16)45-27(20)36-19(38)13-44-30(41)17(12-15-7-5-4-6-8-15)37-28(39)21-22(29(37)40)24(33)26(35)25(34)23(21)32/h4-8,14,17H,3,9-13H2,1-2H3,(H,36,38)/t14-,17-/m1/s1. The van der Waals surface area contributed by atoms with Gasteiger partial charge in [-0.3, -0.25) is 19.3 Å². The maximum absolute atomic E-state index is 13.6. The number of hydrogen-bond acceptors (Lipinski definition) is 8. The molecule has 1 aromatic heterocycles. The second-order valence-electron chi connectivity index (χ2n) is 10.6. The first-order valence-corrected chi connectivity index (χ1v) is 16.3. The Labute approximate surface area is 282 Å². The number of fused-ring (bicyclic) bond motifs is 2. The molecule has 2 heterocycles. The Bertz CT molecular complexity index is 1680. The van der Waals surface area contributed by atoms with E-state index < -0.39 is 42.3 Å². The molecule has 0 bridgehead atoms. The number of rotatable bonds is 9. The van der Waals surface area contributed by atoms with Gasteiger partial charge in [-0.1, -0.05) is 83.7 Å². The molecule has 3 amide bonds. The van der Waals surface area contributed by atoms with Crippen molar-refractivity contribution >= 4 is 92.4 Å². The summed E-state index contributed by atoms with van der Waals surface area (Å²) < 4.78 is 10.6. The summed E-state index contributed by atoms with van der Waals surface area (Å²) in [7, 11) is 0. The van der Waals surface area contributed by atoms with E-state index in [9.17, 15) is 24.0 Å². The molecule has 1 N–H and O–H groups in total. The summed E-state index contributed by atoms with van der Waals surface area (Å²) >= 11 is 26.2. The van der Waals surface area contributed by atoms with Gasteiger partial charge in [0.2, 0.25) is 0 Å². The molecule has 5 rings (SSSR count). The number of halogens is 4. The Hall–Kier alpha value is -3.15. The van der Waals surface area contributed by atoms with E-state index >= 15 is 0 Å². The number of nitrogens with zero attached hydrogens (tertiary/aromatic N) is 1. The average molecular weight is 712 g/mol. The molecule has 1 aliphatic carbocycles. The van der Waals surface area contributed by atoms with Gasteiger partial charge in [0.05, 0.1) is 43.4 Å². The number of imide groups is 1. The van der Waals surface area contributed by atoms with Gasteiger partial charge >= 0.3 is 11.9 Å². The van der Waals surface area contributed by atoms with E-state index in [1.807, 2.05) is 0 Å². The minimum absolute atomic E-state index is 0.133. The van der Waals surface area contributed by atoms with Gasteiger partial charge in [0.1, 0.15) is 11.0 Å². The largest absolute Gasteiger partial charge is 0.462 e. The smallest absolute Gasteiger partial charge is 0.341 e. The molecule has 0 saturated carbocycles. The number of ether oxygens (including phenoxy) is 2. The van der Waals surface area contributed by atoms with Crippen molar-refractivity contribution < 1.29 is 33.4 Å². The number of hydrogen-bond donors (Lipinski definition) is 1. The molecule has 0 unspecified atom stereocenters. The molecule has 0 spiro atoms. The molecule has 2 aromatic carbocycles. The highest BCUT2D eigenvalue weighted by Gasteiger charge is 2.47. The van der Waals surface area contributed by atoms with Crippen LogP contribution >= 0.6 is 57.7 Å². The third-order valence-electron chi connectivity index (χ3n) is 7.58. The summed E-state index contributed by atoms with van der Waals surface area (Å²) in [6.07, 6.45) is 2.21. The first-order valence-electron chi connectivity index (χ1n) is 14.0. The fourth-order valence-electron chi connectivity index (χ4n) is 5.42. The van der Waals surface area contributed by atoms with Gasteiger partial charge in [-0.15, -0.1) is 11.3 Å². The highest BCUT2D eigenvalue weighted by Crippen LogP contribution is 2.45. The second-order valence-corrected chi connectivity index (χ2v) is 13.2. The Balaban J connectivity index is 1.39. The summed E-state index contributed by atoms with van der Waals surface area (Å²) in [5, 5.41) is 2.01. The van der Waals surface area contributed by atoms with E-state index in [-0.39, 0.29) is 44.2 Å². The fraction of sp³-hybridized carbons (Fsp3) is 0.323. The van der Waals surface area contributed by atoms with Gasteiger partial charge < -0.3 is 14.8 Å². The van der Waals surface area contributed by atoms with Crippen LogP contribution in [0.15, 0.2) is 30.3 Å². The molecule has 3 aromatic rings. The Kier molecular flexibility index (Phi) is 10.1. The summed E-state index contributed by atoms with van der Waals surface area (Å²) in [6, 6.07) is 7.13. The van der Waals surface area contributed by atoms with Crippen molar-refractivity contribution in [3.63, 3.8) is 0 Å². The lowest BCUT2D eigenvalue weighted by atomic mass is 9.88. The van der Waals surface area contributed by atoms with Crippen molar-refractivity contribution in [2.24, 2.45) is 5.92 Å². The van der Waals surface area contributed by atoms with Gasteiger partial charge in [0.25, 0.3) is 17.7 Å². The number of carbonyl (C=O) groups excluding carboxylic acids is 5. The zero-order chi connectivity index (χ0) is 32.6. The summed E-state index contributed by atoms with van der Waals surface area (Å²) in [5.74, 6) is -3.69. The van der Waals surface area contributed by atoms with Gasteiger partial charge in [0, 0.05) is 11.3 Å². The van der Waals surface area contributed by atoms with Crippen LogP contribution in [-0.2, 0) is 38.3 Å². The summed E-state index contributed by atoms with van der Waals surface area (Å²) in [5.41, 5.74) is 1.20. The molecule has 0 radical (unpaired) electrons. The van der Waals surface area contributed by atoms with Crippen LogP contribution in [0.1, 0.15) is 67.3 Å². The number of esters is 2. The van der Waals surface area contributed by atoms with Crippen molar-refractivity contribution in [3.05, 3.63) is 83.1 Å². The van der Waals surface area contributed by atoms with Crippen LogP contribution in [0, 0.1) is 5.92 Å². The second kappa shape index (κ2) is 13.7. The molecule has 9 nitrogen and oxygen atoms in total. The minimum Gasteiger partial charge on any atom is -0.462 e. The predicted octanol–water partition coefficient (Wildman–Crippen LogP) is 7.05. The predicted molar refractivity (Wildman–Crippen MR) is 172 cm³/mol. The van der Waals surface area contributed by atoms with Crippen molar-refractivity contribution in [1.29, 1.82) is 0 Å². The molecule has 14 heteroatoms. The molecule has 2 aliphatic rings. The third kappa shape index (κ3) is 6.44. The van der Waals surface area contributed by atoms with E-state index in [0.29, 0.717) is 33.4 Å². The maximum atomic E-state index is 13.6. The monoisotopic (exact) mass is 710 g/mol. The highest BCUT2D eigenvalue weighted by molar-refractivity contribution is 7.17. The van der Waals surface area contributed by atoms with E-state index in [1.165, 1.54) is 11.3 Å². The number of anilines is 1. The Morgan fingerprint density at radius 2 is 1.60 bits per heavy atom. The van der Waals surface area contributed by atoms with Crippen molar-refractivity contribution in [1.82, 2.24) is 4.90 Å². The molecule has 0 fully saturated rings. The van der Waals surface area contributed by atoms with Crippen LogP contribution in [-0.4, -0.2) is 53.8 Å². The number of carbonyl (C=O) groups is 5. The Morgan fingerprint density at radius 3 is 2.20 bits per heavy atom. The van der Waals surface area contributed by atoms with Crippen LogP contribution in [0.5, 0.6) is 0 Å². The molecular weight excluding hydrogens is 686 g/mol. The summed E-state index contributed by atoms with van der Waals surface area (Å²) in [4.78, 5) is 68.2. The molecule has 0 saturated heterocycles. The Morgan fingerprint density at radius 1 is 0.978 bits per heavy atom. The summed E-state index contributed by atoms with van der Waals surface area (Å²) in [6.45, 7) is 3.23. The number of benzene rings is 2. The van der Waals surface area contributed by atoms with Crippen LogP contribution in [0.25, 0.3) is 0 Å². The number of nitrogens with one attached hydrogen (secondary N) is 1. The number of amides is 3. The van der Waals surface area contributed by atoms with Gasteiger partial charge in [-0.05, 0) is 43.2 Å². The first kappa shape index (κ1) is 33.2. The van der Waals surface area contributed by atoms with Crippen molar-refractivity contribution in [3.8, 4) is 0 Å². The van der Waals surface area contributed by atoms with E-state index in [4.69, 9.17) is 55.9 Å². The zero-order valence-corrected chi connectivity index (χ0v) is 27.8. The van der Waals surface area contributed by atoms with Gasteiger partial charge in [-0.2, -0.15) is 0 Å². The van der Waals surface area contributed by atoms with Gasteiger partial charge in [0.15, 0.2) is 6.61 Å². The van der Waals surface area contributed by atoms with Crippen LogP contribution in [0.2, 0.25) is 20.1 Å².